The fraction of sp³-hybridized carbons (Fsp3) is 0.522. The average molecular weight is 445 g/mol. The monoisotopic (exact) mass is 444 g/mol. The Bertz CT molecular complexity index is 1100. The highest BCUT2D eigenvalue weighted by Crippen LogP contribution is 2.27. The van der Waals surface area contributed by atoms with Crippen molar-refractivity contribution in [2.24, 2.45) is 0 Å². The molecule has 0 bridgehead atoms. The highest BCUT2D eigenvalue weighted by Gasteiger charge is 2.29. The highest BCUT2D eigenvalue weighted by atomic mass is 32.2. The first-order valence-electron chi connectivity index (χ1n) is 10.9. The second kappa shape index (κ2) is 8.50. The number of piperazine rings is 1. The van der Waals surface area contributed by atoms with Gasteiger partial charge in [-0.1, -0.05) is 6.07 Å². The lowest BCUT2D eigenvalue weighted by atomic mass is 10.1. The van der Waals surface area contributed by atoms with Crippen LogP contribution in [0.1, 0.15) is 39.3 Å². The molecule has 1 fully saturated rings. The van der Waals surface area contributed by atoms with Crippen LogP contribution in [-0.2, 0) is 23.1 Å². The molecule has 1 aromatic carbocycles. The summed E-state index contributed by atoms with van der Waals surface area (Å²) in [6.45, 7) is 6.29. The van der Waals surface area contributed by atoms with E-state index < -0.39 is 10.2 Å². The van der Waals surface area contributed by atoms with Crippen molar-refractivity contribution in [3.63, 3.8) is 0 Å². The van der Waals surface area contributed by atoms with Crippen LogP contribution in [0.2, 0.25) is 0 Å². The van der Waals surface area contributed by atoms with E-state index in [1.165, 1.54) is 26.2 Å². The van der Waals surface area contributed by atoms with E-state index in [9.17, 15) is 13.2 Å². The van der Waals surface area contributed by atoms with E-state index in [1.807, 2.05) is 24.8 Å². The highest BCUT2D eigenvalue weighted by molar-refractivity contribution is 7.86. The molecule has 0 amide bonds. The average Bonchev–Trinajstić information content (AvgIpc) is 3.31. The van der Waals surface area contributed by atoms with E-state index in [-0.39, 0.29) is 5.78 Å². The van der Waals surface area contributed by atoms with Crippen LogP contribution in [-0.4, -0.2) is 79.1 Å². The van der Waals surface area contributed by atoms with Crippen LogP contribution < -0.4 is 0 Å². The number of aromatic nitrogens is 1. The van der Waals surface area contributed by atoms with Gasteiger partial charge in [-0.3, -0.25) is 9.69 Å². The molecule has 4 rings (SSSR count). The molecule has 168 valence electrons. The molecule has 1 aromatic heterocycles. The lowest BCUT2D eigenvalue weighted by Crippen LogP contribution is -2.52. The maximum absolute atomic E-state index is 13.1. The van der Waals surface area contributed by atoms with Gasteiger partial charge in [0, 0.05) is 62.9 Å². The molecule has 1 saturated heterocycles. The first kappa shape index (κ1) is 22.2. The first-order valence-corrected chi connectivity index (χ1v) is 12.3. The van der Waals surface area contributed by atoms with Gasteiger partial charge >= 0.3 is 0 Å². The van der Waals surface area contributed by atoms with Gasteiger partial charge < -0.3 is 4.57 Å². The summed E-state index contributed by atoms with van der Waals surface area (Å²) in [6, 6.07) is 8.63. The minimum Gasteiger partial charge on any atom is -0.318 e. The molecule has 1 aliphatic carbocycles. The fourth-order valence-electron chi connectivity index (χ4n) is 4.78. The number of hydrogen-bond donors (Lipinski definition) is 0. The Labute approximate surface area is 185 Å². The van der Waals surface area contributed by atoms with E-state index in [0.717, 1.165) is 35.5 Å². The Morgan fingerprint density at radius 3 is 2.35 bits per heavy atom. The molecule has 1 aliphatic heterocycles. The van der Waals surface area contributed by atoms with Crippen LogP contribution in [0.5, 0.6) is 0 Å². The largest absolute Gasteiger partial charge is 0.318 e. The third-order valence-corrected chi connectivity index (χ3v) is 8.50. The number of fused-ring (bicyclic) bond motifs is 1. The van der Waals surface area contributed by atoms with Gasteiger partial charge in [0.1, 0.15) is 0 Å². The molecule has 0 N–H and O–H groups in total. The number of hydrogen-bond acceptors (Lipinski definition) is 4. The second-order valence-corrected chi connectivity index (χ2v) is 11.0. The van der Waals surface area contributed by atoms with Crippen LogP contribution >= 0.6 is 0 Å². The second-order valence-electron chi connectivity index (χ2n) is 8.82. The number of carbonyl (C=O) groups excluding carboxylic acids is 1. The number of Topliss-reactive ketones (excluding diaryl/α,β-unsaturated/α-hetero) is 1. The lowest BCUT2D eigenvalue weighted by molar-refractivity contribution is 0.0899. The van der Waals surface area contributed by atoms with Gasteiger partial charge in [-0.15, -0.1) is 0 Å². The van der Waals surface area contributed by atoms with Crippen molar-refractivity contribution >= 4 is 16.0 Å². The van der Waals surface area contributed by atoms with E-state index in [0.29, 0.717) is 32.7 Å². The number of aryl methyl sites for hydroxylation is 3. The summed E-state index contributed by atoms with van der Waals surface area (Å²) < 4.78 is 29.5. The molecular weight excluding hydrogens is 412 g/mol. The van der Waals surface area contributed by atoms with Gasteiger partial charge in [0.05, 0.1) is 6.54 Å². The summed E-state index contributed by atoms with van der Waals surface area (Å²) in [6.07, 6.45) is 3.51. The minimum atomic E-state index is -3.40. The number of nitrogens with zero attached hydrogens (tertiary/aromatic N) is 4. The van der Waals surface area contributed by atoms with Crippen molar-refractivity contribution in [3.05, 3.63) is 52.3 Å². The molecular formula is C23H32N4O3S. The summed E-state index contributed by atoms with van der Waals surface area (Å²) in [5, 5.41) is 0. The Balaban J connectivity index is 1.46. The van der Waals surface area contributed by atoms with Crippen molar-refractivity contribution in [1.29, 1.82) is 0 Å². The van der Waals surface area contributed by atoms with E-state index in [1.54, 1.807) is 14.1 Å². The molecule has 0 radical (unpaired) electrons. The van der Waals surface area contributed by atoms with Gasteiger partial charge in [0.2, 0.25) is 0 Å². The van der Waals surface area contributed by atoms with Crippen molar-refractivity contribution < 1.29 is 13.2 Å². The van der Waals surface area contributed by atoms with Crippen molar-refractivity contribution in [2.45, 2.75) is 33.1 Å². The number of ketones is 1. The fourth-order valence-corrected chi connectivity index (χ4v) is 5.86. The van der Waals surface area contributed by atoms with Crippen LogP contribution in [0.4, 0.5) is 0 Å². The summed E-state index contributed by atoms with van der Waals surface area (Å²) in [5.41, 5.74) is 6.76. The van der Waals surface area contributed by atoms with Gasteiger partial charge in [-0.05, 0) is 62.4 Å². The molecule has 0 saturated carbocycles. The Hall–Kier alpha value is -2.00. The van der Waals surface area contributed by atoms with Crippen molar-refractivity contribution in [3.8, 4) is 5.69 Å². The SMILES string of the molecule is Cc1cc(C(=O)CN2CCN(S(=O)(=O)N(C)C)CC2)c(C)n1-c1ccc2c(c1)CCC2. The zero-order valence-electron chi connectivity index (χ0n) is 18.9. The van der Waals surface area contributed by atoms with Crippen LogP contribution in [0.3, 0.4) is 0 Å². The van der Waals surface area contributed by atoms with Crippen LogP contribution in [0.15, 0.2) is 24.3 Å². The molecule has 0 unspecified atom stereocenters. The molecule has 2 heterocycles. The van der Waals surface area contributed by atoms with E-state index in [2.05, 4.69) is 22.8 Å². The molecule has 0 spiro atoms. The summed E-state index contributed by atoms with van der Waals surface area (Å²) in [7, 11) is -0.309. The maximum atomic E-state index is 13.1. The standard InChI is InChI=1S/C23H32N4O3S/c1-17-14-22(18(2)27(17)21-9-8-19-6-5-7-20(19)15-21)23(28)16-25-10-12-26(13-11-25)31(29,30)24(3)4/h8-9,14-15H,5-7,10-13,16H2,1-4H3. The molecule has 7 nitrogen and oxygen atoms in total. The van der Waals surface area contributed by atoms with Gasteiger partial charge in [-0.2, -0.15) is 17.0 Å². The third-order valence-electron chi connectivity index (χ3n) is 6.56. The molecule has 8 heteroatoms. The quantitative estimate of drug-likeness (QED) is 0.641. The Morgan fingerprint density at radius 2 is 1.68 bits per heavy atom. The smallest absolute Gasteiger partial charge is 0.281 e. The lowest BCUT2D eigenvalue weighted by Gasteiger charge is -2.34. The van der Waals surface area contributed by atoms with E-state index >= 15 is 0 Å². The first-order chi connectivity index (χ1) is 14.7. The van der Waals surface area contributed by atoms with Gasteiger partial charge in [0.25, 0.3) is 10.2 Å². The van der Waals surface area contributed by atoms with Gasteiger partial charge in [0.15, 0.2) is 5.78 Å². The third kappa shape index (κ3) is 4.22. The van der Waals surface area contributed by atoms with Crippen molar-refractivity contribution in [1.82, 2.24) is 18.1 Å². The minimum absolute atomic E-state index is 0.0874. The summed E-state index contributed by atoms with van der Waals surface area (Å²) >= 11 is 0. The molecule has 2 aromatic rings. The van der Waals surface area contributed by atoms with Crippen LogP contribution in [0, 0.1) is 13.8 Å². The number of rotatable bonds is 6. The Morgan fingerprint density at radius 1 is 1.00 bits per heavy atom. The van der Waals surface area contributed by atoms with E-state index in [4.69, 9.17) is 0 Å². The van der Waals surface area contributed by atoms with Crippen molar-refractivity contribution in [2.75, 3.05) is 46.8 Å². The zero-order valence-corrected chi connectivity index (χ0v) is 19.7. The Kier molecular flexibility index (Phi) is 6.09. The predicted molar refractivity (Wildman–Crippen MR) is 122 cm³/mol. The topological polar surface area (TPSA) is 65.9 Å². The van der Waals surface area contributed by atoms with Crippen LogP contribution in [0.25, 0.3) is 5.69 Å². The molecule has 2 aliphatic rings. The zero-order chi connectivity index (χ0) is 22.3. The van der Waals surface area contributed by atoms with Gasteiger partial charge in [-0.25, -0.2) is 0 Å². The normalized spacial score (nSPS) is 18.0. The summed E-state index contributed by atoms with van der Waals surface area (Å²) in [4.78, 5) is 15.2. The maximum Gasteiger partial charge on any atom is 0.281 e. The molecule has 0 atom stereocenters. The number of benzene rings is 1. The molecule has 31 heavy (non-hydrogen) atoms. The number of carbonyl (C=O) groups is 1. The predicted octanol–water partition coefficient (Wildman–Crippen LogP) is 2.19. The summed E-state index contributed by atoms with van der Waals surface area (Å²) in [5.74, 6) is 0.0874.